The van der Waals surface area contributed by atoms with Gasteiger partial charge in [0.15, 0.2) is 5.78 Å². The number of allylic oxidation sites excluding steroid dienone is 2. The van der Waals surface area contributed by atoms with E-state index in [2.05, 4.69) is 38.1 Å². The van der Waals surface area contributed by atoms with Crippen molar-refractivity contribution in [3.63, 3.8) is 0 Å². The van der Waals surface area contributed by atoms with Gasteiger partial charge in [0.1, 0.15) is 0 Å². The van der Waals surface area contributed by atoms with Gasteiger partial charge in [-0.1, -0.05) is 55.8 Å². The second-order valence-electron chi connectivity index (χ2n) is 10.2. The molecule has 0 heterocycles. The molecule has 0 bridgehead atoms. The number of rotatable bonds is 1. The van der Waals surface area contributed by atoms with Crippen molar-refractivity contribution in [3.8, 4) is 0 Å². The number of benzene rings is 1. The van der Waals surface area contributed by atoms with Gasteiger partial charge in [-0.05, 0) is 85.3 Å². The van der Waals surface area contributed by atoms with E-state index in [9.17, 15) is 9.90 Å². The van der Waals surface area contributed by atoms with Crippen LogP contribution in [0.15, 0.2) is 47.6 Å². The molecule has 28 heavy (non-hydrogen) atoms. The molecule has 1 aromatic rings. The zero-order valence-electron chi connectivity index (χ0n) is 17.2. The van der Waals surface area contributed by atoms with Crippen LogP contribution in [0.1, 0.15) is 64.4 Å². The Bertz CT molecular complexity index is 850. The fourth-order valence-electron chi connectivity index (χ4n) is 7.19. The molecule has 4 aliphatic carbocycles. The minimum atomic E-state index is -0.183. The Hall–Kier alpha value is -1.67. The number of fused-ring (bicyclic) bond motifs is 5. The summed E-state index contributed by atoms with van der Waals surface area (Å²) in [7, 11) is 0. The zero-order chi connectivity index (χ0) is 19.5. The lowest BCUT2D eigenvalue weighted by molar-refractivity contribution is -0.130. The van der Waals surface area contributed by atoms with Crippen molar-refractivity contribution >= 4 is 11.9 Å². The third-order valence-electron chi connectivity index (χ3n) is 8.86. The maximum atomic E-state index is 13.4. The van der Waals surface area contributed by atoms with E-state index in [-0.39, 0.29) is 16.9 Å². The standard InChI is InChI=1S/C26H32O2/c1-25-12-10-20(27)16-19(25)8-9-21-22(25)11-13-26(2)23(21)15-18(24(26)28)14-17-6-4-3-5-7-17/h3-8,14,20-23,27H,9-13,15-16H2,1-2H3/b18-14+/t20-,21-,22+,23-,25-,26-/m1/s1. The van der Waals surface area contributed by atoms with E-state index in [0.717, 1.165) is 56.1 Å². The van der Waals surface area contributed by atoms with Gasteiger partial charge in [0.05, 0.1) is 6.10 Å². The number of hydrogen-bond acceptors (Lipinski definition) is 2. The first kappa shape index (κ1) is 18.4. The van der Waals surface area contributed by atoms with E-state index in [1.54, 1.807) is 0 Å². The summed E-state index contributed by atoms with van der Waals surface area (Å²) < 4.78 is 0. The highest BCUT2D eigenvalue weighted by atomic mass is 16.3. The summed E-state index contributed by atoms with van der Waals surface area (Å²) in [6.07, 6.45) is 11.5. The quantitative estimate of drug-likeness (QED) is 0.514. The molecule has 148 valence electrons. The van der Waals surface area contributed by atoms with Gasteiger partial charge < -0.3 is 5.11 Å². The predicted octanol–water partition coefficient (Wildman–Crippen LogP) is 5.57. The van der Waals surface area contributed by atoms with Crippen molar-refractivity contribution in [2.45, 2.75) is 64.9 Å². The van der Waals surface area contributed by atoms with Crippen molar-refractivity contribution in [2.75, 3.05) is 0 Å². The van der Waals surface area contributed by atoms with Crippen molar-refractivity contribution in [1.29, 1.82) is 0 Å². The largest absolute Gasteiger partial charge is 0.393 e. The van der Waals surface area contributed by atoms with Crippen LogP contribution in [0.4, 0.5) is 0 Å². The number of carbonyl (C=O) groups is 1. The Morgan fingerprint density at radius 3 is 2.54 bits per heavy atom. The first-order valence-corrected chi connectivity index (χ1v) is 11.1. The van der Waals surface area contributed by atoms with Gasteiger partial charge >= 0.3 is 0 Å². The van der Waals surface area contributed by atoms with Gasteiger partial charge in [0.2, 0.25) is 0 Å². The molecule has 0 aliphatic heterocycles. The Kier molecular flexibility index (Phi) is 4.21. The van der Waals surface area contributed by atoms with E-state index in [0.29, 0.717) is 23.5 Å². The summed E-state index contributed by atoms with van der Waals surface area (Å²) >= 11 is 0. The van der Waals surface area contributed by atoms with Gasteiger partial charge in [-0.15, -0.1) is 0 Å². The number of carbonyl (C=O) groups excluding carboxylic acids is 1. The highest BCUT2D eigenvalue weighted by molar-refractivity contribution is 6.05. The number of Topliss-reactive ketones (excluding diaryl/α,β-unsaturated/α-hetero) is 1. The van der Waals surface area contributed by atoms with Gasteiger partial charge in [-0.3, -0.25) is 4.79 Å². The Labute approximate surface area is 168 Å². The minimum Gasteiger partial charge on any atom is -0.393 e. The molecule has 0 aromatic heterocycles. The van der Waals surface area contributed by atoms with Crippen LogP contribution >= 0.6 is 0 Å². The van der Waals surface area contributed by atoms with E-state index < -0.39 is 0 Å². The lowest BCUT2D eigenvalue weighted by Gasteiger charge is -2.56. The van der Waals surface area contributed by atoms with Crippen LogP contribution in [-0.2, 0) is 4.79 Å². The summed E-state index contributed by atoms with van der Waals surface area (Å²) in [5.74, 6) is 2.14. The summed E-state index contributed by atoms with van der Waals surface area (Å²) in [6.45, 7) is 4.69. The third kappa shape index (κ3) is 2.60. The molecule has 0 radical (unpaired) electrons. The number of aliphatic hydroxyl groups excluding tert-OH is 1. The molecule has 6 atom stereocenters. The lowest BCUT2D eigenvalue weighted by Crippen LogP contribution is -2.50. The monoisotopic (exact) mass is 376 g/mol. The first-order valence-electron chi connectivity index (χ1n) is 11.1. The van der Waals surface area contributed by atoms with Crippen LogP contribution in [-0.4, -0.2) is 17.0 Å². The average Bonchev–Trinajstić information content (AvgIpc) is 2.94. The highest BCUT2D eigenvalue weighted by Gasteiger charge is 2.59. The molecular weight excluding hydrogens is 344 g/mol. The molecule has 4 aliphatic rings. The third-order valence-corrected chi connectivity index (χ3v) is 8.86. The first-order chi connectivity index (χ1) is 13.4. The van der Waals surface area contributed by atoms with Crippen molar-refractivity contribution < 1.29 is 9.90 Å². The Balaban J connectivity index is 1.48. The van der Waals surface area contributed by atoms with Gasteiger partial charge in [0, 0.05) is 5.41 Å². The van der Waals surface area contributed by atoms with Gasteiger partial charge in [-0.2, -0.15) is 0 Å². The van der Waals surface area contributed by atoms with Crippen LogP contribution < -0.4 is 0 Å². The fraction of sp³-hybridized carbons (Fsp3) is 0.577. The van der Waals surface area contributed by atoms with Crippen LogP contribution in [0.5, 0.6) is 0 Å². The van der Waals surface area contributed by atoms with Gasteiger partial charge in [0.25, 0.3) is 0 Å². The van der Waals surface area contributed by atoms with Crippen LogP contribution in [0.3, 0.4) is 0 Å². The summed E-state index contributed by atoms with van der Waals surface area (Å²) in [5, 5.41) is 10.2. The molecule has 0 spiro atoms. The van der Waals surface area contributed by atoms with Crippen LogP contribution in [0.25, 0.3) is 6.08 Å². The molecule has 3 fully saturated rings. The van der Waals surface area contributed by atoms with E-state index in [1.165, 1.54) is 5.57 Å². The molecule has 5 rings (SSSR count). The topological polar surface area (TPSA) is 37.3 Å². The maximum Gasteiger partial charge on any atom is 0.165 e. The number of aliphatic hydroxyl groups is 1. The summed E-state index contributed by atoms with van der Waals surface area (Å²) in [5.41, 5.74) is 3.73. The highest BCUT2D eigenvalue weighted by Crippen LogP contribution is 2.64. The second kappa shape index (κ2) is 6.42. The fourth-order valence-corrected chi connectivity index (χ4v) is 7.19. The van der Waals surface area contributed by atoms with E-state index in [1.807, 2.05) is 18.2 Å². The second-order valence-corrected chi connectivity index (χ2v) is 10.2. The molecule has 2 nitrogen and oxygen atoms in total. The Morgan fingerprint density at radius 1 is 1.00 bits per heavy atom. The Morgan fingerprint density at radius 2 is 1.75 bits per heavy atom. The minimum absolute atomic E-state index is 0.154. The zero-order valence-corrected chi connectivity index (χ0v) is 17.2. The molecule has 0 saturated heterocycles. The number of ketones is 1. The molecule has 0 amide bonds. The van der Waals surface area contributed by atoms with E-state index >= 15 is 0 Å². The van der Waals surface area contributed by atoms with Crippen molar-refractivity contribution in [3.05, 3.63) is 53.1 Å². The molecule has 1 aromatic carbocycles. The molecule has 2 heteroatoms. The van der Waals surface area contributed by atoms with E-state index in [4.69, 9.17) is 0 Å². The maximum absolute atomic E-state index is 13.4. The average molecular weight is 377 g/mol. The molecule has 0 unspecified atom stereocenters. The van der Waals surface area contributed by atoms with Crippen molar-refractivity contribution in [1.82, 2.24) is 0 Å². The number of hydrogen-bond donors (Lipinski definition) is 1. The smallest absolute Gasteiger partial charge is 0.165 e. The summed E-state index contributed by atoms with van der Waals surface area (Å²) in [6, 6.07) is 10.3. The predicted molar refractivity (Wildman–Crippen MR) is 113 cm³/mol. The van der Waals surface area contributed by atoms with Crippen molar-refractivity contribution in [2.24, 2.45) is 28.6 Å². The summed E-state index contributed by atoms with van der Waals surface area (Å²) in [4.78, 5) is 13.4. The SMILES string of the molecule is C[C@@]12CC[C@H]3[C@@H](CC=C4C[C@H](O)CC[C@]43C)[C@H]1C/C(=C\c1ccccc1)C2=O. The molecule has 1 N–H and O–H groups in total. The van der Waals surface area contributed by atoms with Crippen LogP contribution in [0.2, 0.25) is 0 Å². The molecular formula is C26H32O2. The molecule has 3 saturated carbocycles. The van der Waals surface area contributed by atoms with Crippen LogP contribution in [0, 0.1) is 28.6 Å². The normalized spacial score (nSPS) is 43.9. The van der Waals surface area contributed by atoms with Gasteiger partial charge in [-0.25, -0.2) is 0 Å². The lowest BCUT2D eigenvalue weighted by atomic mass is 9.48.